The maximum Gasteiger partial charge on any atom is 0.320 e. The van der Waals surface area contributed by atoms with Crippen molar-refractivity contribution in [3.05, 3.63) is 5.82 Å². The van der Waals surface area contributed by atoms with Crippen molar-refractivity contribution in [1.29, 1.82) is 0 Å². The number of rotatable bonds is 2. The van der Waals surface area contributed by atoms with Gasteiger partial charge in [-0.3, -0.25) is 0 Å². The van der Waals surface area contributed by atoms with Gasteiger partial charge in [0.05, 0.1) is 13.2 Å². The minimum absolute atomic E-state index is 0.143. The van der Waals surface area contributed by atoms with E-state index in [0.29, 0.717) is 26.3 Å². The maximum absolute atomic E-state index is 12.4. The molecule has 0 saturated carbocycles. The predicted molar refractivity (Wildman–Crippen MR) is 80.9 cm³/mol. The van der Waals surface area contributed by atoms with Crippen LogP contribution < -0.4 is 4.90 Å². The summed E-state index contributed by atoms with van der Waals surface area (Å²) >= 11 is 1.45. The number of carbonyl (C=O) groups excluding carboxylic acids is 1. The fraction of sp³-hybridized carbons (Fsp3) is 0.769. The minimum atomic E-state index is 0.143. The van der Waals surface area contributed by atoms with Gasteiger partial charge in [-0.05, 0) is 0 Å². The molecule has 0 radical (unpaired) electrons. The summed E-state index contributed by atoms with van der Waals surface area (Å²) in [7, 11) is 0. The summed E-state index contributed by atoms with van der Waals surface area (Å²) in [5, 5.41) is 0.977. The van der Waals surface area contributed by atoms with Crippen molar-refractivity contribution in [2.45, 2.75) is 13.3 Å². The number of hydrogen-bond donors (Lipinski definition) is 0. The van der Waals surface area contributed by atoms with Crippen molar-refractivity contribution in [2.75, 3.05) is 57.4 Å². The fourth-order valence-corrected chi connectivity index (χ4v) is 3.36. The van der Waals surface area contributed by atoms with E-state index in [1.807, 2.05) is 9.80 Å². The normalized spacial score (nSPS) is 20.0. The number of morpholine rings is 1. The molecule has 2 fully saturated rings. The first-order chi connectivity index (χ1) is 10.3. The highest BCUT2D eigenvalue weighted by Gasteiger charge is 2.27. The van der Waals surface area contributed by atoms with Gasteiger partial charge in [-0.2, -0.15) is 4.37 Å². The Morgan fingerprint density at radius 3 is 2.43 bits per heavy atom. The summed E-state index contributed by atoms with van der Waals surface area (Å²) in [6.45, 7) is 7.92. The standard InChI is InChI=1S/C13H21N5O2S/c1-2-11-14-12(21-15-11)16-3-5-17(6-4-16)13(19)18-7-9-20-10-8-18/h2-10H2,1H3. The lowest BCUT2D eigenvalue weighted by atomic mass is 10.3. The van der Waals surface area contributed by atoms with Gasteiger partial charge < -0.3 is 19.4 Å². The summed E-state index contributed by atoms with van der Waals surface area (Å²) in [5.41, 5.74) is 0. The lowest BCUT2D eigenvalue weighted by Gasteiger charge is -2.38. The van der Waals surface area contributed by atoms with Crippen LogP contribution >= 0.6 is 11.5 Å². The Hall–Kier alpha value is -1.41. The average Bonchev–Trinajstić information content (AvgIpc) is 3.04. The Labute approximate surface area is 128 Å². The molecule has 1 aromatic rings. The molecule has 3 rings (SSSR count). The lowest BCUT2D eigenvalue weighted by molar-refractivity contribution is 0.0428. The van der Waals surface area contributed by atoms with Crippen molar-refractivity contribution in [2.24, 2.45) is 0 Å². The average molecular weight is 311 g/mol. The van der Waals surface area contributed by atoms with E-state index in [1.54, 1.807) is 0 Å². The van der Waals surface area contributed by atoms with Crippen LogP contribution in [-0.2, 0) is 11.2 Å². The summed E-state index contributed by atoms with van der Waals surface area (Å²) < 4.78 is 9.61. The van der Waals surface area contributed by atoms with E-state index >= 15 is 0 Å². The number of piperazine rings is 1. The second-order valence-corrected chi connectivity index (χ2v) is 5.93. The van der Waals surface area contributed by atoms with E-state index < -0.39 is 0 Å². The van der Waals surface area contributed by atoms with Gasteiger partial charge in [0.2, 0.25) is 5.13 Å². The van der Waals surface area contributed by atoms with Gasteiger partial charge in [0.25, 0.3) is 0 Å². The molecule has 0 aliphatic carbocycles. The highest BCUT2D eigenvalue weighted by Crippen LogP contribution is 2.19. The number of carbonyl (C=O) groups is 1. The molecule has 2 amide bonds. The van der Waals surface area contributed by atoms with Gasteiger partial charge in [0.15, 0.2) is 0 Å². The molecule has 21 heavy (non-hydrogen) atoms. The molecule has 3 heterocycles. The van der Waals surface area contributed by atoms with Crippen molar-refractivity contribution in [3.8, 4) is 0 Å². The Bertz CT molecular complexity index is 481. The lowest BCUT2D eigenvalue weighted by Crippen LogP contribution is -2.54. The van der Waals surface area contributed by atoms with Crippen LogP contribution in [0.4, 0.5) is 9.93 Å². The van der Waals surface area contributed by atoms with Gasteiger partial charge in [-0.1, -0.05) is 6.92 Å². The zero-order valence-corrected chi connectivity index (χ0v) is 13.1. The first-order valence-corrected chi connectivity index (χ1v) is 8.24. The van der Waals surface area contributed by atoms with E-state index in [9.17, 15) is 4.79 Å². The smallest absolute Gasteiger partial charge is 0.320 e. The first-order valence-electron chi connectivity index (χ1n) is 7.47. The van der Waals surface area contributed by atoms with Crippen LogP contribution in [0.25, 0.3) is 0 Å². The SMILES string of the molecule is CCc1nsc(N2CCN(C(=O)N3CCOCC3)CC2)n1. The van der Waals surface area contributed by atoms with Crippen LogP contribution in [-0.4, -0.2) is 77.7 Å². The third-order valence-corrected chi connectivity index (χ3v) is 4.69. The number of aromatic nitrogens is 2. The minimum Gasteiger partial charge on any atom is -0.378 e. The molecule has 0 spiro atoms. The number of anilines is 1. The molecule has 0 unspecified atom stereocenters. The molecule has 0 N–H and O–H groups in total. The molecule has 116 valence electrons. The summed E-state index contributed by atoms with van der Waals surface area (Å²) in [6, 6.07) is 0.143. The first kappa shape index (κ1) is 14.5. The molecular formula is C13H21N5O2S. The largest absolute Gasteiger partial charge is 0.378 e. The van der Waals surface area contributed by atoms with Gasteiger partial charge >= 0.3 is 6.03 Å². The van der Waals surface area contributed by atoms with Crippen molar-refractivity contribution < 1.29 is 9.53 Å². The van der Waals surface area contributed by atoms with E-state index in [1.165, 1.54) is 11.5 Å². The van der Waals surface area contributed by atoms with Gasteiger partial charge in [0, 0.05) is 57.2 Å². The third-order valence-electron chi connectivity index (χ3n) is 3.88. The highest BCUT2D eigenvalue weighted by molar-refractivity contribution is 7.09. The number of hydrogen-bond acceptors (Lipinski definition) is 6. The summed E-state index contributed by atoms with van der Waals surface area (Å²) in [5.74, 6) is 0.904. The molecule has 0 atom stereocenters. The molecule has 7 nitrogen and oxygen atoms in total. The number of ether oxygens (including phenoxy) is 1. The quantitative estimate of drug-likeness (QED) is 0.803. The van der Waals surface area contributed by atoms with Crippen LogP contribution in [0, 0.1) is 0 Å². The molecule has 2 aliphatic heterocycles. The number of urea groups is 1. The second-order valence-electron chi connectivity index (χ2n) is 5.20. The van der Waals surface area contributed by atoms with Crippen molar-refractivity contribution in [3.63, 3.8) is 0 Å². The monoisotopic (exact) mass is 311 g/mol. The number of nitrogens with zero attached hydrogens (tertiary/aromatic N) is 5. The Morgan fingerprint density at radius 2 is 1.81 bits per heavy atom. The third kappa shape index (κ3) is 3.26. The van der Waals surface area contributed by atoms with Crippen LogP contribution in [0.15, 0.2) is 0 Å². The zero-order chi connectivity index (χ0) is 14.7. The fourth-order valence-electron chi connectivity index (χ4n) is 2.56. The van der Waals surface area contributed by atoms with Crippen LogP contribution in [0.3, 0.4) is 0 Å². The van der Waals surface area contributed by atoms with Crippen LogP contribution in [0.5, 0.6) is 0 Å². The van der Waals surface area contributed by atoms with Crippen LogP contribution in [0.2, 0.25) is 0 Å². The summed E-state index contributed by atoms with van der Waals surface area (Å²) in [6.07, 6.45) is 0.867. The molecular weight excluding hydrogens is 290 g/mol. The van der Waals surface area contributed by atoms with Crippen LogP contribution in [0.1, 0.15) is 12.7 Å². The molecule has 0 bridgehead atoms. The molecule has 0 aromatic carbocycles. The predicted octanol–water partition coefficient (Wildman–Crippen LogP) is 0.675. The zero-order valence-electron chi connectivity index (χ0n) is 12.3. The van der Waals surface area contributed by atoms with E-state index in [4.69, 9.17) is 4.74 Å². The molecule has 2 saturated heterocycles. The van der Waals surface area contributed by atoms with Gasteiger partial charge in [-0.15, -0.1) is 0 Å². The van der Waals surface area contributed by atoms with Gasteiger partial charge in [0.1, 0.15) is 5.82 Å². The maximum atomic E-state index is 12.4. The highest BCUT2D eigenvalue weighted by atomic mass is 32.1. The van der Waals surface area contributed by atoms with Gasteiger partial charge in [-0.25, -0.2) is 9.78 Å². The Balaban J connectivity index is 1.53. The molecule has 8 heteroatoms. The molecule has 1 aromatic heterocycles. The Kier molecular flexibility index (Phi) is 4.54. The van der Waals surface area contributed by atoms with Crippen molar-refractivity contribution >= 4 is 22.7 Å². The topological polar surface area (TPSA) is 61.8 Å². The second kappa shape index (κ2) is 6.57. The van der Waals surface area contributed by atoms with Crippen molar-refractivity contribution in [1.82, 2.24) is 19.2 Å². The molecule has 2 aliphatic rings. The van der Waals surface area contributed by atoms with E-state index in [2.05, 4.69) is 21.2 Å². The van der Waals surface area contributed by atoms with E-state index in [-0.39, 0.29) is 6.03 Å². The summed E-state index contributed by atoms with van der Waals surface area (Å²) in [4.78, 5) is 23.0. The number of amides is 2. The Morgan fingerprint density at radius 1 is 1.14 bits per heavy atom. The van der Waals surface area contributed by atoms with E-state index in [0.717, 1.165) is 43.6 Å². The number of aryl methyl sites for hydroxylation is 1.